The minimum atomic E-state index is -0.928. The Morgan fingerprint density at radius 2 is 1.54 bits per heavy atom. The van der Waals surface area contributed by atoms with Gasteiger partial charge in [-0.15, -0.1) is 0 Å². The molecule has 0 atom stereocenters. The number of rotatable bonds is 4. The quantitative estimate of drug-likeness (QED) is 0.802. The maximum atomic E-state index is 13.6. The zero-order chi connectivity index (χ0) is 17.1. The Balaban J connectivity index is 1.60. The Morgan fingerprint density at radius 3 is 2.12 bits per heavy atom. The molecule has 0 aliphatic heterocycles. The molecule has 124 valence electrons. The minimum Gasteiger partial charge on any atom is -0.335 e. The zero-order valence-corrected chi connectivity index (χ0v) is 12.6. The fourth-order valence-electron chi connectivity index (χ4n) is 2.09. The molecule has 1 aliphatic rings. The molecule has 3 N–H and O–H groups in total. The van der Waals surface area contributed by atoms with Crippen molar-refractivity contribution in [3.8, 4) is 0 Å². The molecule has 2 aromatic rings. The van der Waals surface area contributed by atoms with Gasteiger partial charge in [0.05, 0.1) is 5.56 Å². The normalized spacial score (nSPS) is 13.2. The zero-order valence-electron chi connectivity index (χ0n) is 12.6. The highest BCUT2D eigenvalue weighted by Crippen LogP contribution is 2.19. The summed E-state index contributed by atoms with van der Waals surface area (Å²) in [5, 5.41) is 7.98. The lowest BCUT2D eigenvalue weighted by Gasteiger charge is -2.09. The highest BCUT2D eigenvalue weighted by molar-refractivity contribution is 6.04. The standard InChI is InChI=1S/C17H15F2N3O2/c18-10-1-8-14(15(19)9-10)16(23)20-11-2-4-12(5-3-11)21-17(24)22-13-6-7-13/h1-5,8-9,13H,6-7H2,(H,20,23)(H2,21,22,24). The molecule has 5 nitrogen and oxygen atoms in total. The summed E-state index contributed by atoms with van der Waals surface area (Å²) < 4.78 is 26.4. The van der Waals surface area contributed by atoms with Crippen LogP contribution in [0.3, 0.4) is 0 Å². The summed E-state index contributed by atoms with van der Waals surface area (Å²) in [6.45, 7) is 0. The maximum absolute atomic E-state index is 13.6. The van der Waals surface area contributed by atoms with Gasteiger partial charge in [-0.05, 0) is 49.2 Å². The number of urea groups is 1. The first-order valence-electron chi connectivity index (χ1n) is 7.45. The molecule has 0 aromatic heterocycles. The van der Waals surface area contributed by atoms with Gasteiger partial charge in [0.25, 0.3) is 5.91 Å². The van der Waals surface area contributed by atoms with Gasteiger partial charge in [-0.25, -0.2) is 13.6 Å². The lowest BCUT2D eigenvalue weighted by molar-refractivity contribution is 0.102. The van der Waals surface area contributed by atoms with Crippen LogP contribution in [-0.2, 0) is 0 Å². The number of nitrogens with one attached hydrogen (secondary N) is 3. The number of halogens is 2. The van der Waals surface area contributed by atoms with Crippen molar-refractivity contribution in [2.45, 2.75) is 18.9 Å². The van der Waals surface area contributed by atoms with E-state index in [9.17, 15) is 18.4 Å². The number of hydrogen-bond acceptors (Lipinski definition) is 2. The van der Waals surface area contributed by atoms with E-state index in [0.717, 1.165) is 25.0 Å². The van der Waals surface area contributed by atoms with Crippen LogP contribution in [0.15, 0.2) is 42.5 Å². The molecule has 0 saturated heterocycles. The summed E-state index contributed by atoms with van der Waals surface area (Å²) in [5.74, 6) is -2.36. The number of carbonyl (C=O) groups is 2. The average Bonchev–Trinajstić information content (AvgIpc) is 3.33. The third kappa shape index (κ3) is 4.07. The first kappa shape index (κ1) is 15.9. The van der Waals surface area contributed by atoms with Gasteiger partial charge < -0.3 is 16.0 Å². The van der Waals surface area contributed by atoms with Crippen molar-refractivity contribution in [2.24, 2.45) is 0 Å². The second kappa shape index (κ2) is 6.66. The molecular weight excluding hydrogens is 316 g/mol. The summed E-state index contributed by atoms with van der Waals surface area (Å²) in [7, 11) is 0. The lowest BCUT2D eigenvalue weighted by Crippen LogP contribution is -2.30. The molecule has 24 heavy (non-hydrogen) atoms. The van der Waals surface area contributed by atoms with Gasteiger partial charge in [0.1, 0.15) is 11.6 Å². The van der Waals surface area contributed by atoms with Crippen LogP contribution in [0.2, 0.25) is 0 Å². The van der Waals surface area contributed by atoms with Gasteiger partial charge in [0.2, 0.25) is 0 Å². The number of anilines is 2. The minimum absolute atomic E-state index is 0.248. The number of amides is 3. The SMILES string of the molecule is O=C(Nc1ccc(NC(=O)c2ccc(F)cc2F)cc1)NC1CC1. The van der Waals surface area contributed by atoms with E-state index >= 15 is 0 Å². The van der Waals surface area contributed by atoms with E-state index in [2.05, 4.69) is 16.0 Å². The molecule has 0 radical (unpaired) electrons. The van der Waals surface area contributed by atoms with Crippen LogP contribution in [0.25, 0.3) is 0 Å². The van der Waals surface area contributed by atoms with Gasteiger partial charge in [-0.2, -0.15) is 0 Å². The Bertz CT molecular complexity index is 774. The summed E-state index contributed by atoms with van der Waals surface area (Å²) in [6.07, 6.45) is 2.00. The second-order valence-electron chi connectivity index (χ2n) is 5.53. The fourth-order valence-corrected chi connectivity index (χ4v) is 2.09. The van der Waals surface area contributed by atoms with E-state index in [1.54, 1.807) is 24.3 Å². The van der Waals surface area contributed by atoms with Crippen LogP contribution < -0.4 is 16.0 Å². The number of carbonyl (C=O) groups excluding carboxylic acids is 2. The van der Waals surface area contributed by atoms with E-state index in [4.69, 9.17) is 0 Å². The van der Waals surface area contributed by atoms with Crippen molar-refractivity contribution in [1.82, 2.24) is 5.32 Å². The van der Waals surface area contributed by atoms with Crippen LogP contribution >= 0.6 is 0 Å². The van der Waals surface area contributed by atoms with E-state index in [1.165, 1.54) is 0 Å². The molecule has 0 bridgehead atoms. The molecule has 0 unspecified atom stereocenters. The van der Waals surface area contributed by atoms with E-state index in [1.807, 2.05) is 0 Å². The number of hydrogen-bond donors (Lipinski definition) is 3. The Morgan fingerprint density at radius 1 is 0.917 bits per heavy atom. The Labute approximate surface area is 137 Å². The van der Waals surface area contributed by atoms with Crippen molar-refractivity contribution < 1.29 is 18.4 Å². The predicted molar refractivity (Wildman–Crippen MR) is 85.9 cm³/mol. The molecule has 7 heteroatoms. The van der Waals surface area contributed by atoms with Gasteiger partial charge >= 0.3 is 6.03 Å². The monoisotopic (exact) mass is 331 g/mol. The Hall–Kier alpha value is -2.96. The first-order valence-corrected chi connectivity index (χ1v) is 7.45. The van der Waals surface area contributed by atoms with Gasteiger partial charge in [0, 0.05) is 23.5 Å². The van der Waals surface area contributed by atoms with Crippen molar-refractivity contribution in [2.75, 3.05) is 10.6 Å². The van der Waals surface area contributed by atoms with Gasteiger partial charge in [-0.3, -0.25) is 4.79 Å². The summed E-state index contributed by atoms with van der Waals surface area (Å²) in [5.41, 5.74) is 0.749. The fraction of sp³-hybridized carbons (Fsp3) is 0.176. The molecule has 2 aromatic carbocycles. The maximum Gasteiger partial charge on any atom is 0.319 e. The lowest BCUT2D eigenvalue weighted by atomic mass is 10.2. The van der Waals surface area contributed by atoms with Crippen LogP contribution in [-0.4, -0.2) is 18.0 Å². The summed E-state index contributed by atoms with van der Waals surface area (Å²) >= 11 is 0. The van der Waals surface area contributed by atoms with Gasteiger partial charge in [-0.1, -0.05) is 0 Å². The van der Waals surface area contributed by atoms with Gasteiger partial charge in [0.15, 0.2) is 0 Å². The Kier molecular flexibility index (Phi) is 4.41. The molecular formula is C17H15F2N3O2. The summed E-state index contributed by atoms with van der Waals surface area (Å²) in [4.78, 5) is 23.6. The van der Waals surface area contributed by atoms with Crippen LogP contribution in [0.5, 0.6) is 0 Å². The van der Waals surface area contributed by atoms with Crippen LogP contribution in [0.1, 0.15) is 23.2 Å². The van der Waals surface area contributed by atoms with Crippen LogP contribution in [0.4, 0.5) is 25.0 Å². The predicted octanol–water partition coefficient (Wildman–Crippen LogP) is 3.50. The van der Waals surface area contributed by atoms with Crippen molar-refractivity contribution in [1.29, 1.82) is 0 Å². The molecule has 0 spiro atoms. The van der Waals surface area contributed by atoms with E-state index in [0.29, 0.717) is 17.4 Å². The van der Waals surface area contributed by atoms with E-state index in [-0.39, 0.29) is 17.6 Å². The third-order valence-corrected chi connectivity index (χ3v) is 3.49. The van der Waals surface area contributed by atoms with Crippen molar-refractivity contribution in [3.05, 3.63) is 59.7 Å². The molecule has 0 heterocycles. The first-order chi connectivity index (χ1) is 11.5. The number of benzene rings is 2. The highest BCUT2D eigenvalue weighted by Gasteiger charge is 2.23. The van der Waals surface area contributed by atoms with Crippen LogP contribution in [0, 0.1) is 11.6 Å². The molecule has 1 aliphatic carbocycles. The van der Waals surface area contributed by atoms with E-state index < -0.39 is 17.5 Å². The second-order valence-corrected chi connectivity index (χ2v) is 5.53. The van der Waals surface area contributed by atoms with Crippen molar-refractivity contribution >= 4 is 23.3 Å². The highest BCUT2D eigenvalue weighted by atomic mass is 19.1. The average molecular weight is 331 g/mol. The smallest absolute Gasteiger partial charge is 0.319 e. The topological polar surface area (TPSA) is 70.2 Å². The van der Waals surface area contributed by atoms with Crippen molar-refractivity contribution in [3.63, 3.8) is 0 Å². The molecule has 1 saturated carbocycles. The largest absolute Gasteiger partial charge is 0.335 e. The third-order valence-electron chi connectivity index (χ3n) is 3.49. The molecule has 3 rings (SSSR count). The summed E-state index contributed by atoms with van der Waals surface area (Å²) in [6, 6.07) is 9.11. The molecule has 3 amide bonds. The molecule has 1 fully saturated rings.